The van der Waals surface area contributed by atoms with Crippen LogP contribution in [0, 0.1) is 0 Å². The summed E-state index contributed by atoms with van der Waals surface area (Å²) in [6.07, 6.45) is 27.0. The van der Waals surface area contributed by atoms with Gasteiger partial charge in [-0.2, -0.15) is 0 Å². The molecule has 0 bridgehead atoms. The minimum absolute atomic E-state index is 0.155. The molecule has 0 unspecified atom stereocenters. The zero-order valence-corrected chi connectivity index (χ0v) is 46.9. The van der Waals surface area contributed by atoms with Gasteiger partial charge in [-0.05, 0) is 71.6 Å². The standard InChI is InChI=1S/C25H24N2O.C25H24N2.C6H8N2O2.C6H6N2O2.C6H10N2/c28-18-10-17-24-19-27(20-26-24)25(21-11-4-1-5-12-21,22-13-6-2-7-14-22)23-15-8-3-9-16-23;1-2-12-24-19-27(20-26-24)25(21-13-6-3-7-14-21,22-15-8-4-9-16-22)23-17-10-5-11-18-23;2*9-6(10)2-1-5-3-7-4-8-5;1-2-3-6-4-7-5-8-6/h1-9,11-16,19-20,28H,10,17-18H2;3-11,13-20H,2,12H2,1H3;3-4H,1-2H2,(H,7,8)(H,9,10);1-4H,(H,7,8)(H,9,10);4-5H,2-3H2,1H3,(H,7,8)/b;;;2-1+;. The third-order valence-corrected chi connectivity index (χ3v) is 13.5. The van der Waals surface area contributed by atoms with E-state index in [9.17, 15) is 14.7 Å². The molecule has 424 valence electrons. The summed E-state index contributed by atoms with van der Waals surface area (Å²) >= 11 is 0. The molecular weight excluding hydrogens is 1040 g/mol. The van der Waals surface area contributed by atoms with E-state index < -0.39 is 23.0 Å². The second-order valence-electron chi connectivity index (χ2n) is 19.2. The first-order chi connectivity index (χ1) is 40.7. The molecule has 0 fully saturated rings. The third-order valence-electron chi connectivity index (χ3n) is 13.5. The average molecular weight is 1110 g/mol. The first kappa shape index (κ1) is 60.6. The molecule has 15 nitrogen and oxygen atoms in total. The molecule has 6 N–H and O–H groups in total. The predicted octanol–water partition coefficient (Wildman–Crippen LogP) is 12.6. The van der Waals surface area contributed by atoms with Gasteiger partial charge in [0.05, 0.1) is 61.3 Å². The molecule has 5 heterocycles. The van der Waals surface area contributed by atoms with Crippen LogP contribution in [0.25, 0.3) is 6.08 Å². The monoisotopic (exact) mass is 1110 g/mol. The second kappa shape index (κ2) is 32.3. The van der Waals surface area contributed by atoms with Crippen LogP contribution in [-0.2, 0) is 46.4 Å². The number of aliphatic hydroxyl groups is 1. The molecule has 0 saturated carbocycles. The van der Waals surface area contributed by atoms with E-state index in [2.05, 4.69) is 234 Å². The van der Waals surface area contributed by atoms with Crippen molar-refractivity contribution in [3.05, 3.63) is 313 Å². The normalized spacial score (nSPS) is 10.9. The molecule has 0 amide bonds. The lowest BCUT2D eigenvalue weighted by Crippen LogP contribution is -2.36. The van der Waals surface area contributed by atoms with Crippen molar-refractivity contribution < 1.29 is 24.9 Å². The predicted molar refractivity (Wildman–Crippen MR) is 325 cm³/mol. The highest BCUT2D eigenvalue weighted by atomic mass is 16.4. The van der Waals surface area contributed by atoms with E-state index in [1.54, 1.807) is 18.7 Å². The van der Waals surface area contributed by atoms with E-state index in [0.717, 1.165) is 48.8 Å². The van der Waals surface area contributed by atoms with Crippen molar-refractivity contribution in [3.8, 4) is 0 Å². The lowest BCUT2D eigenvalue weighted by atomic mass is 9.77. The number of aryl methyl sites for hydroxylation is 4. The number of imidazole rings is 5. The Morgan fingerprint density at radius 3 is 1.16 bits per heavy atom. The number of aromatic amines is 3. The SMILES string of the molecule is CCCc1cn(C(c2ccccc2)(c2ccccc2)c2ccccc2)cn1.CCCc1cnc[nH]1.O=C(O)/C=C/c1cnc[nH]1.O=C(O)CCc1cnc[nH]1.OCCCc1cn(C(c2ccccc2)(c2ccccc2)c2ccccc2)cn1. The van der Waals surface area contributed by atoms with Gasteiger partial charge in [-0.15, -0.1) is 0 Å². The number of nitrogens with one attached hydrogen (secondary N) is 3. The number of aliphatic hydroxyl groups excluding tert-OH is 1. The molecule has 5 aromatic heterocycles. The maximum atomic E-state index is 10.1. The number of H-pyrrole nitrogens is 3. The maximum absolute atomic E-state index is 10.1. The molecular formula is C68H72N10O5. The van der Waals surface area contributed by atoms with Crippen molar-refractivity contribution in [2.24, 2.45) is 0 Å². The van der Waals surface area contributed by atoms with Crippen molar-refractivity contribution >= 4 is 18.0 Å². The summed E-state index contributed by atoms with van der Waals surface area (Å²) in [7, 11) is 0. The summed E-state index contributed by atoms with van der Waals surface area (Å²) < 4.78 is 4.48. The summed E-state index contributed by atoms with van der Waals surface area (Å²) in [6.45, 7) is 4.52. The van der Waals surface area contributed by atoms with E-state index in [-0.39, 0.29) is 13.0 Å². The Kier molecular flexibility index (Phi) is 23.6. The Morgan fingerprint density at radius 1 is 0.482 bits per heavy atom. The molecule has 0 radical (unpaired) electrons. The number of rotatable bonds is 20. The van der Waals surface area contributed by atoms with Crippen molar-refractivity contribution in [1.29, 1.82) is 0 Å². The summed E-state index contributed by atoms with van der Waals surface area (Å²) in [5.41, 5.74) is 11.1. The Morgan fingerprint density at radius 2 is 0.843 bits per heavy atom. The summed E-state index contributed by atoms with van der Waals surface area (Å²) in [5, 5.41) is 25.7. The smallest absolute Gasteiger partial charge is 0.328 e. The average Bonchev–Trinajstić information content (AvgIpc) is 2.57. The molecule has 0 aliphatic rings. The summed E-state index contributed by atoms with van der Waals surface area (Å²) in [5.74, 6) is -1.75. The minimum atomic E-state index is -0.963. The Labute approximate surface area is 485 Å². The van der Waals surface area contributed by atoms with Crippen molar-refractivity contribution in [2.45, 2.75) is 76.3 Å². The highest BCUT2D eigenvalue weighted by Crippen LogP contribution is 2.42. The number of carbonyl (C=O) groups is 2. The number of aliphatic carboxylic acids is 2. The first-order valence-corrected chi connectivity index (χ1v) is 27.8. The van der Waals surface area contributed by atoms with E-state index >= 15 is 0 Å². The quantitative estimate of drug-likeness (QED) is 0.0313. The lowest BCUT2D eigenvalue weighted by Gasteiger charge is -2.37. The molecule has 11 rings (SSSR count). The van der Waals surface area contributed by atoms with Gasteiger partial charge in [0, 0.05) is 48.9 Å². The van der Waals surface area contributed by atoms with Crippen LogP contribution < -0.4 is 0 Å². The Hall–Kier alpha value is -9.99. The third kappa shape index (κ3) is 16.8. The maximum Gasteiger partial charge on any atom is 0.328 e. The van der Waals surface area contributed by atoms with Gasteiger partial charge in [0.25, 0.3) is 0 Å². The van der Waals surface area contributed by atoms with Crippen molar-refractivity contribution in [1.82, 2.24) is 49.0 Å². The first-order valence-electron chi connectivity index (χ1n) is 27.8. The van der Waals surface area contributed by atoms with Gasteiger partial charge in [0.2, 0.25) is 0 Å². The van der Waals surface area contributed by atoms with Gasteiger partial charge in [-0.1, -0.05) is 209 Å². The van der Waals surface area contributed by atoms with E-state index in [1.807, 2.05) is 37.1 Å². The van der Waals surface area contributed by atoms with Crippen molar-refractivity contribution in [2.75, 3.05) is 6.61 Å². The van der Waals surface area contributed by atoms with Gasteiger partial charge in [0.15, 0.2) is 0 Å². The number of carboxylic acids is 2. The fourth-order valence-corrected chi connectivity index (χ4v) is 9.71. The highest BCUT2D eigenvalue weighted by Gasteiger charge is 2.39. The molecule has 0 saturated heterocycles. The molecule has 6 aromatic carbocycles. The highest BCUT2D eigenvalue weighted by molar-refractivity contribution is 5.84. The van der Waals surface area contributed by atoms with Gasteiger partial charge >= 0.3 is 11.9 Å². The fourth-order valence-electron chi connectivity index (χ4n) is 9.71. The number of benzene rings is 6. The van der Waals surface area contributed by atoms with Crippen LogP contribution in [0.4, 0.5) is 0 Å². The van der Waals surface area contributed by atoms with Crippen molar-refractivity contribution in [3.63, 3.8) is 0 Å². The zero-order valence-electron chi connectivity index (χ0n) is 46.9. The number of carboxylic acid groups (broad SMARTS) is 2. The van der Waals surface area contributed by atoms with Crippen LogP contribution in [0.5, 0.6) is 0 Å². The number of nitrogens with zero attached hydrogens (tertiary/aromatic N) is 7. The van der Waals surface area contributed by atoms with E-state index in [1.165, 1.54) is 64.2 Å². The number of aromatic nitrogens is 10. The van der Waals surface area contributed by atoms with E-state index in [4.69, 9.17) is 15.2 Å². The molecule has 11 aromatic rings. The summed E-state index contributed by atoms with van der Waals surface area (Å²) in [6, 6.07) is 63.8. The van der Waals surface area contributed by atoms with Gasteiger partial charge in [0.1, 0.15) is 11.1 Å². The largest absolute Gasteiger partial charge is 0.481 e. The van der Waals surface area contributed by atoms with Crippen LogP contribution >= 0.6 is 0 Å². The molecule has 15 heteroatoms. The van der Waals surface area contributed by atoms with Crippen LogP contribution in [0.15, 0.2) is 251 Å². The van der Waals surface area contributed by atoms with Crippen LogP contribution in [0.2, 0.25) is 0 Å². The minimum Gasteiger partial charge on any atom is -0.481 e. The zero-order chi connectivity index (χ0) is 58.4. The van der Waals surface area contributed by atoms with Crippen LogP contribution in [-0.4, -0.2) is 82.9 Å². The van der Waals surface area contributed by atoms with Gasteiger partial charge < -0.3 is 39.4 Å². The molecule has 0 aliphatic heterocycles. The molecule has 0 aliphatic carbocycles. The lowest BCUT2D eigenvalue weighted by molar-refractivity contribution is -0.137. The number of hydrogen-bond donors (Lipinski definition) is 6. The van der Waals surface area contributed by atoms with Crippen LogP contribution in [0.3, 0.4) is 0 Å². The van der Waals surface area contributed by atoms with Gasteiger partial charge in [-0.3, -0.25) is 4.79 Å². The Bertz CT molecular complexity index is 3330. The topological polar surface area (TPSA) is 217 Å². The summed E-state index contributed by atoms with van der Waals surface area (Å²) in [4.78, 5) is 49.3. The molecule has 83 heavy (non-hydrogen) atoms. The van der Waals surface area contributed by atoms with Gasteiger partial charge in [-0.25, -0.2) is 29.7 Å². The number of hydrogen-bond acceptors (Lipinski definition) is 8. The molecule has 0 spiro atoms. The second-order valence-corrected chi connectivity index (χ2v) is 19.2. The van der Waals surface area contributed by atoms with Crippen LogP contribution in [0.1, 0.15) is 101 Å². The van der Waals surface area contributed by atoms with E-state index in [0.29, 0.717) is 18.5 Å². The Balaban J connectivity index is 0.000000165. The molecule has 0 atom stereocenters. The fraction of sp³-hybridized carbons (Fsp3) is 0.191.